The number of amides is 2. The lowest BCUT2D eigenvalue weighted by molar-refractivity contribution is -0.163. The van der Waals surface area contributed by atoms with Crippen molar-refractivity contribution in [3.05, 3.63) is 0 Å². The Hall–Kier alpha value is -1.10. The van der Waals surface area contributed by atoms with Crippen LogP contribution in [-0.2, 0) is 9.59 Å². The summed E-state index contributed by atoms with van der Waals surface area (Å²) in [5, 5.41) is 0. The molecule has 5 heteroatoms. The van der Waals surface area contributed by atoms with Crippen molar-refractivity contribution in [2.45, 2.75) is 44.7 Å². The smallest absolute Gasteiger partial charge is 0.246 e. The second-order valence-corrected chi connectivity index (χ2v) is 5.91. The number of piperidine rings is 1. The Bertz CT molecular complexity index is 357. The molecule has 0 saturated carbocycles. The van der Waals surface area contributed by atoms with E-state index in [0.29, 0.717) is 6.54 Å². The molecular formula is C14H25N3O2. The number of hydrogen-bond donors (Lipinski definition) is 0. The summed E-state index contributed by atoms with van der Waals surface area (Å²) >= 11 is 0. The topological polar surface area (TPSA) is 43.9 Å². The van der Waals surface area contributed by atoms with E-state index in [9.17, 15) is 9.59 Å². The molecule has 2 aliphatic heterocycles. The number of carbonyl (C=O) groups excluding carboxylic acids is 2. The number of carbonyl (C=O) groups is 2. The molecule has 2 fully saturated rings. The zero-order chi connectivity index (χ0) is 14.0. The van der Waals surface area contributed by atoms with Crippen LogP contribution >= 0.6 is 0 Å². The average Bonchev–Trinajstić information content (AvgIpc) is 2.40. The Morgan fingerprint density at radius 1 is 1.21 bits per heavy atom. The zero-order valence-corrected chi connectivity index (χ0v) is 12.3. The SMILES string of the molecule is CC1C(=O)N2CCCCC2C(=O)N1CCCN(C)C. The molecule has 108 valence electrons. The van der Waals surface area contributed by atoms with E-state index in [1.54, 1.807) is 9.80 Å². The fourth-order valence-electron chi connectivity index (χ4n) is 3.07. The van der Waals surface area contributed by atoms with Gasteiger partial charge in [0.05, 0.1) is 0 Å². The van der Waals surface area contributed by atoms with Crippen molar-refractivity contribution in [1.29, 1.82) is 0 Å². The first-order valence-electron chi connectivity index (χ1n) is 7.28. The molecule has 0 N–H and O–H groups in total. The number of piperazine rings is 1. The van der Waals surface area contributed by atoms with E-state index in [0.717, 1.165) is 38.8 Å². The van der Waals surface area contributed by atoms with Gasteiger partial charge in [-0.3, -0.25) is 9.59 Å². The van der Waals surface area contributed by atoms with Crippen molar-refractivity contribution in [2.24, 2.45) is 0 Å². The van der Waals surface area contributed by atoms with Crippen LogP contribution < -0.4 is 0 Å². The third-order valence-corrected chi connectivity index (χ3v) is 4.18. The van der Waals surface area contributed by atoms with Crippen LogP contribution in [0.3, 0.4) is 0 Å². The van der Waals surface area contributed by atoms with Crippen LogP contribution in [0.15, 0.2) is 0 Å². The van der Waals surface area contributed by atoms with E-state index >= 15 is 0 Å². The number of fused-ring (bicyclic) bond motifs is 1. The van der Waals surface area contributed by atoms with Crippen LogP contribution in [-0.4, -0.2) is 72.3 Å². The van der Waals surface area contributed by atoms with Gasteiger partial charge < -0.3 is 14.7 Å². The number of hydrogen-bond acceptors (Lipinski definition) is 3. The van der Waals surface area contributed by atoms with Crippen LogP contribution in [0.5, 0.6) is 0 Å². The lowest BCUT2D eigenvalue weighted by Crippen LogP contribution is -2.65. The normalized spacial score (nSPS) is 28.0. The Morgan fingerprint density at radius 3 is 2.63 bits per heavy atom. The summed E-state index contributed by atoms with van der Waals surface area (Å²) < 4.78 is 0. The average molecular weight is 267 g/mol. The lowest BCUT2D eigenvalue weighted by atomic mass is 9.95. The molecule has 0 bridgehead atoms. The molecular weight excluding hydrogens is 242 g/mol. The summed E-state index contributed by atoms with van der Waals surface area (Å²) in [6.45, 7) is 4.25. The van der Waals surface area contributed by atoms with Crippen molar-refractivity contribution in [3.63, 3.8) is 0 Å². The maximum atomic E-state index is 12.5. The number of rotatable bonds is 4. The second kappa shape index (κ2) is 5.90. The second-order valence-electron chi connectivity index (χ2n) is 5.91. The molecule has 0 aliphatic carbocycles. The molecule has 2 unspecified atom stereocenters. The Kier molecular flexibility index (Phi) is 4.45. The van der Waals surface area contributed by atoms with Gasteiger partial charge in [0.1, 0.15) is 12.1 Å². The molecule has 2 atom stereocenters. The van der Waals surface area contributed by atoms with E-state index in [4.69, 9.17) is 0 Å². The third kappa shape index (κ3) is 2.91. The van der Waals surface area contributed by atoms with E-state index in [1.165, 1.54) is 0 Å². The standard InChI is InChI=1S/C14H25N3O2/c1-11-13(18)17-9-5-4-7-12(17)14(19)16(11)10-6-8-15(2)3/h11-12H,4-10H2,1-3H3. The lowest BCUT2D eigenvalue weighted by Gasteiger charge is -2.46. The highest BCUT2D eigenvalue weighted by atomic mass is 16.2. The van der Waals surface area contributed by atoms with Gasteiger partial charge in [-0.15, -0.1) is 0 Å². The molecule has 0 aromatic carbocycles. The van der Waals surface area contributed by atoms with Crippen molar-refractivity contribution >= 4 is 11.8 Å². The summed E-state index contributed by atoms with van der Waals surface area (Å²) in [6, 6.07) is -0.471. The van der Waals surface area contributed by atoms with Gasteiger partial charge in [-0.05, 0) is 53.2 Å². The van der Waals surface area contributed by atoms with Crippen LogP contribution in [0.4, 0.5) is 0 Å². The van der Waals surface area contributed by atoms with Gasteiger partial charge in [0.25, 0.3) is 0 Å². The number of nitrogens with zero attached hydrogens (tertiary/aromatic N) is 3. The molecule has 2 aliphatic rings. The summed E-state index contributed by atoms with van der Waals surface area (Å²) in [5.41, 5.74) is 0. The van der Waals surface area contributed by atoms with Gasteiger partial charge in [-0.25, -0.2) is 0 Å². The Balaban J connectivity index is 2.02. The van der Waals surface area contributed by atoms with Crippen LogP contribution in [0, 0.1) is 0 Å². The largest absolute Gasteiger partial charge is 0.329 e. The summed E-state index contributed by atoms with van der Waals surface area (Å²) in [5.74, 6) is 0.291. The van der Waals surface area contributed by atoms with E-state index in [2.05, 4.69) is 4.90 Å². The molecule has 0 radical (unpaired) electrons. The summed E-state index contributed by atoms with van der Waals surface area (Å²) in [6.07, 6.45) is 3.84. The zero-order valence-electron chi connectivity index (χ0n) is 12.3. The first-order valence-corrected chi connectivity index (χ1v) is 7.28. The molecule has 2 amide bonds. The van der Waals surface area contributed by atoms with Gasteiger partial charge in [0.2, 0.25) is 11.8 Å². The fourth-order valence-corrected chi connectivity index (χ4v) is 3.07. The van der Waals surface area contributed by atoms with Crippen molar-refractivity contribution in [2.75, 3.05) is 33.7 Å². The first kappa shape index (κ1) is 14.3. The van der Waals surface area contributed by atoms with Gasteiger partial charge in [-0.2, -0.15) is 0 Å². The fraction of sp³-hybridized carbons (Fsp3) is 0.857. The molecule has 2 heterocycles. The predicted octanol–water partition coefficient (Wildman–Crippen LogP) is 0.550. The Morgan fingerprint density at radius 2 is 1.95 bits per heavy atom. The minimum atomic E-state index is -0.288. The molecule has 19 heavy (non-hydrogen) atoms. The maximum Gasteiger partial charge on any atom is 0.246 e. The van der Waals surface area contributed by atoms with E-state index < -0.39 is 0 Å². The molecule has 5 nitrogen and oxygen atoms in total. The quantitative estimate of drug-likeness (QED) is 0.747. The highest BCUT2D eigenvalue weighted by Gasteiger charge is 2.44. The van der Waals surface area contributed by atoms with Crippen LogP contribution in [0.1, 0.15) is 32.6 Å². The van der Waals surface area contributed by atoms with Gasteiger partial charge in [0.15, 0.2) is 0 Å². The highest BCUT2D eigenvalue weighted by Crippen LogP contribution is 2.26. The maximum absolute atomic E-state index is 12.5. The van der Waals surface area contributed by atoms with E-state index in [1.807, 2.05) is 21.0 Å². The van der Waals surface area contributed by atoms with Crippen molar-refractivity contribution < 1.29 is 9.59 Å². The third-order valence-electron chi connectivity index (χ3n) is 4.18. The minimum Gasteiger partial charge on any atom is -0.329 e. The van der Waals surface area contributed by atoms with Crippen LogP contribution in [0.2, 0.25) is 0 Å². The van der Waals surface area contributed by atoms with E-state index in [-0.39, 0.29) is 23.9 Å². The molecule has 2 saturated heterocycles. The van der Waals surface area contributed by atoms with Crippen molar-refractivity contribution in [1.82, 2.24) is 14.7 Å². The first-order chi connectivity index (χ1) is 9.02. The van der Waals surface area contributed by atoms with Gasteiger partial charge in [0, 0.05) is 13.1 Å². The molecule has 2 rings (SSSR count). The summed E-state index contributed by atoms with van der Waals surface area (Å²) in [7, 11) is 4.05. The summed E-state index contributed by atoms with van der Waals surface area (Å²) in [4.78, 5) is 30.5. The highest BCUT2D eigenvalue weighted by molar-refractivity contribution is 5.96. The molecule has 0 aromatic heterocycles. The predicted molar refractivity (Wildman–Crippen MR) is 73.7 cm³/mol. The molecule has 0 spiro atoms. The van der Waals surface area contributed by atoms with Crippen LogP contribution in [0.25, 0.3) is 0 Å². The monoisotopic (exact) mass is 267 g/mol. The molecule has 0 aromatic rings. The van der Waals surface area contributed by atoms with Gasteiger partial charge >= 0.3 is 0 Å². The Labute approximate surface area is 115 Å². The minimum absolute atomic E-state index is 0.133. The van der Waals surface area contributed by atoms with Crippen molar-refractivity contribution in [3.8, 4) is 0 Å². The van der Waals surface area contributed by atoms with Gasteiger partial charge in [-0.1, -0.05) is 0 Å².